The second-order valence-electron chi connectivity index (χ2n) is 6.45. The van der Waals surface area contributed by atoms with Gasteiger partial charge in [0.15, 0.2) is 17.3 Å². The van der Waals surface area contributed by atoms with Gasteiger partial charge in [-0.05, 0) is 35.9 Å². The van der Waals surface area contributed by atoms with E-state index in [9.17, 15) is 0 Å². The number of hydrogen-bond donors (Lipinski definition) is 1. The molecule has 0 fully saturated rings. The highest BCUT2D eigenvalue weighted by Gasteiger charge is 2.27. The molecule has 0 saturated carbocycles. The van der Waals surface area contributed by atoms with E-state index in [1.807, 2.05) is 59.8 Å². The predicted octanol–water partition coefficient (Wildman–Crippen LogP) is 2.39. The molecule has 0 amide bonds. The number of hydrogen-bond acceptors (Lipinski definition) is 8. The molecule has 9 nitrogen and oxygen atoms in total. The van der Waals surface area contributed by atoms with Crippen molar-refractivity contribution in [2.45, 2.75) is 6.54 Å². The van der Waals surface area contributed by atoms with E-state index >= 15 is 0 Å². The van der Waals surface area contributed by atoms with Gasteiger partial charge in [-0.1, -0.05) is 6.07 Å². The number of pyridine rings is 1. The summed E-state index contributed by atoms with van der Waals surface area (Å²) in [6.07, 6.45) is 5.28. The molecule has 28 heavy (non-hydrogen) atoms. The third-order valence-electron chi connectivity index (χ3n) is 4.68. The number of fused-ring (bicyclic) bond motifs is 2. The van der Waals surface area contributed by atoms with Crippen LogP contribution in [0.25, 0.3) is 16.9 Å². The molecule has 0 unspecified atom stereocenters. The lowest BCUT2D eigenvalue weighted by molar-refractivity contribution is 0.378. The van der Waals surface area contributed by atoms with Crippen LogP contribution in [0.1, 0.15) is 5.56 Å². The molecule has 0 saturated heterocycles. The standard InChI is InChI=1S/C19H18N8O/c1-25-24-18-19(23-16(9-20-18)14-4-6-15(28-2)7-5-14)27(25)11-13-3-8-17-21-12-22-26(17)10-13/h3-10,12H,11H2,1-2H3,(H,20,24). The summed E-state index contributed by atoms with van der Waals surface area (Å²) in [6.45, 7) is 0.618. The first kappa shape index (κ1) is 16.5. The Balaban J connectivity index is 1.47. The summed E-state index contributed by atoms with van der Waals surface area (Å²) in [6, 6.07) is 11.8. The maximum atomic E-state index is 5.23. The smallest absolute Gasteiger partial charge is 0.190 e. The lowest BCUT2D eigenvalue weighted by Gasteiger charge is -2.24. The van der Waals surface area contributed by atoms with E-state index in [-0.39, 0.29) is 0 Å². The van der Waals surface area contributed by atoms with Gasteiger partial charge in [0.25, 0.3) is 0 Å². The van der Waals surface area contributed by atoms with Crippen molar-refractivity contribution in [3.63, 3.8) is 0 Å². The molecule has 5 rings (SSSR count). The van der Waals surface area contributed by atoms with Crippen molar-refractivity contribution in [3.05, 3.63) is 60.7 Å². The van der Waals surface area contributed by atoms with E-state index in [2.05, 4.69) is 20.5 Å². The number of anilines is 2. The quantitative estimate of drug-likeness (QED) is 0.583. The number of rotatable bonds is 4. The molecule has 0 aliphatic carbocycles. The van der Waals surface area contributed by atoms with Crippen LogP contribution < -0.4 is 15.2 Å². The molecule has 1 N–H and O–H groups in total. The Hall–Kier alpha value is -3.72. The first-order valence-electron chi connectivity index (χ1n) is 8.79. The minimum absolute atomic E-state index is 0.618. The molecule has 1 aliphatic heterocycles. The minimum Gasteiger partial charge on any atom is -0.497 e. The van der Waals surface area contributed by atoms with Crippen molar-refractivity contribution in [3.8, 4) is 17.0 Å². The van der Waals surface area contributed by atoms with Crippen LogP contribution in [0.4, 0.5) is 11.6 Å². The van der Waals surface area contributed by atoms with Crippen LogP contribution in [0.2, 0.25) is 0 Å². The Morgan fingerprint density at radius 3 is 2.75 bits per heavy atom. The summed E-state index contributed by atoms with van der Waals surface area (Å²) < 4.78 is 6.99. The summed E-state index contributed by atoms with van der Waals surface area (Å²) in [5, 5.41) is 8.12. The largest absolute Gasteiger partial charge is 0.497 e. The normalized spacial score (nSPS) is 13.6. The lowest BCUT2D eigenvalue weighted by Crippen LogP contribution is -2.38. The van der Waals surface area contributed by atoms with Gasteiger partial charge in [-0.15, -0.1) is 5.12 Å². The van der Waals surface area contributed by atoms with E-state index in [0.717, 1.165) is 39.9 Å². The molecule has 0 bridgehead atoms. The van der Waals surface area contributed by atoms with Gasteiger partial charge < -0.3 is 4.74 Å². The number of methoxy groups -OCH3 is 1. The molecule has 3 aromatic heterocycles. The number of aromatic nitrogens is 5. The van der Waals surface area contributed by atoms with Crippen molar-refractivity contribution in [1.29, 1.82) is 0 Å². The Kier molecular flexibility index (Phi) is 3.80. The fraction of sp³-hybridized carbons (Fsp3) is 0.158. The van der Waals surface area contributed by atoms with E-state index in [4.69, 9.17) is 9.72 Å². The molecule has 4 aromatic rings. The molecule has 0 spiro atoms. The van der Waals surface area contributed by atoms with Gasteiger partial charge in [-0.25, -0.2) is 19.5 Å². The van der Waals surface area contributed by atoms with Gasteiger partial charge in [-0.3, -0.25) is 10.4 Å². The molecule has 0 atom stereocenters. The van der Waals surface area contributed by atoms with Crippen molar-refractivity contribution in [2.24, 2.45) is 0 Å². The summed E-state index contributed by atoms with van der Waals surface area (Å²) in [4.78, 5) is 13.6. The number of benzene rings is 1. The average molecular weight is 374 g/mol. The van der Waals surface area contributed by atoms with Gasteiger partial charge in [0.1, 0.15) is 12.1 Å². The van der Waals surface area contributed by atoms with E-state index < -0.39 is 0 Å². The zero-order chi connectivity index (χ0) is 19.1. The molecule has 140 valence electrons. The highest BCUT2D eigenvalue weighted by Crippen LogP contribution is 2.33. The molecule has 4 heterocycles. The first-order chi connectivity index (χ1) is 13.7. The monoisotopic (exact) mass is 374 g/mol. The fourth-order valence-corrected chi connectivity index (χ4v) is 3.20. The Bertz CT molecular complexity index is 1140. The van der Waals surface area contributed by atoms with Crippen molar-refractivity contribution >= 4 is 17.3 Å². The van der Waals surface area contributed by atoms with Gasteiger partial charge in [0.05, 0.1) is 25.5 Å². The summed E-state index contributed by atoms with van der Waals surface area (Å²) in [5.41, 5.74) is 6.91. The summed E-state index contributed by atoms with van der Waals surface area (Å²) >= 11 is 0. The van der Waals surface area contributed by atoms with Crippen LogP contribution in [0, 0.1) is 0 Å². The second-order valence-corrected chi connectivity index (χ2v) is 6.45. The lowest BCUT2D eigenvalue weighted by atomic mass is 10.1. The average Bonchev–Trinajstić information content (AvgIpc) is 3.32. The van der Waals surface area contributed by atoms with Gasteiger partial charge in [0.2, 0.25) is 0 Å². The zero-order valence-corrected chi connectivity index (χ0v) is 15.4. The van der Waals surface area contributed by atoms with Crippen LogP contribution in [0.3, 0.4) is 0 Å². The summed E-state index contributed by atoms with van der Waals surface area (Å²) in [5.74, 6) is 2.31. The first-order valence-corrected chi connectivity index (χ1v) is 8.79. The predicted molar refractivity (Wildman–Crippen MR) is 105 cm³/mol. The van der Waals surface area contributed by atoms with Gasteiger partial charge in [0, 0.05) is 18.8 Å². The topological polar surface area (TPSA) is 83.7 Å². The maximum absolute atomic E-state index is 5.23. The highest BCUT2D eigenvalue weighted by atomic mass is 16.5. The molecule has 1 aliphatic rings. The Labute approximate surface area is 161 Å². The highest BCUT2D eigenvalue weighted by molar-refractivity contribution is 5.70. The Morgan fingerprint density at radius 1 is 1.07 bits per heavy atom. The van der Waals surface area contributed by atoms with Crippen LogP contribution in [0.5, 0.6) is 5.75 Å². The van der Waals surface area contributed by atoms with Crippen LogP contribution in [0.15, 0.2) is 55.1 Å². The number of nitrogens with one attached hydrogen (secondary N) is 1. The summed E-state index contributed by atoms with van der Waals surface area (Å²) in [7, 11) is 3.59. The molecule has 0 radical (unpaired) electrons. The van der Waals surface area contributed by atoms with Crippen LogP contribution >= 0.6 is 0 Å². The van der Waals surface area contributed by atoms with Crippen LogP contribution in [-0.4, -0.2) is 43.8 Å². The third-order valence-corrected chi connectivity index (χ3v) is 4.68. The number of nitrogens with zero attached hydrogens (tertiary/aromatic N) is 7. The van der Waals surface area contributed by atoms with Gasteiger partial charge in [-0.2, -0.15) is 5.10 Å². The number of ether oxygens (including phenoxy) is 1. The van der Waals surface area contributed by atoms with Crippen molar-refractivity contribution in [2.75, 3.05) is 24.6 Å². The zero-order valence-electron chi connectivity index (χ0n) is 15.4. The van der Waals surface area contributed by atoms with Crippen LogP contribution in [-0.2, 0) is 6.54 Å². The van der Waals surface area contributed by atoms with E-state index in [1.165, 1.54) is 0 Å². The van der Waals surface area contributed by atoms with E-state index in [0.29, 0.717) is 6.54 Å². The molecule has 9 heteroatoms. The Morgan fingerprint density at radius 2 is 1.93 bits per heavy atom. The number of hydrazine groups is 2. The van der Waals surface area contributed by atoms with E-state index in [1.54, 1.807) is 24.1 Å². The molecular formula is C19H18N8O. The van der Waals surface area contributed by atoms with Crippen molar-refractivity contribution < 1.29 is 4.74 Å². The minimum atomic E-state index is 0.618. The maximum Gasteiger partial charge on any atom is 0.190 e. The molecular weight excluding hydrogens is 356 g/mol. The molecule has 1 aromatic carbocycles. The fourth-order valence-electron chi connectivity index (χ4n) is 3.20. The second kappa shape index (κ2) is 6.46. The third kappa shape index (κ3) is 2.78. The van der Waals surface area contributed by atoms with Gasteiger partial charge >= 0.3 is 0 Å². The SMILES string of the molecule is COc1ccc(-c2cnc3c(n2)N(Cc2ccc4ncnn4c2)N(C)N3)cc1. The van der Waals surface area contributed by atoms with Crippen molar-refractivity contribution in [1.82, 2.24) is 29.7 Å².